The number of aromatic nitrogens is 2. The molecular weight excluding hydrogens is 541 g/mol. The van der Waals surface area contributed by atoms with Crippen LogP contribution in [0.4, 0.5) is 10.5 Å². The second-order valence-corrected chi connectivity index (χ2v) is 11.1. The largest absolute Gasteiger partial charge is 0.372 e. The number of amides is 4. The number of barbiturate groups is 1. The van der Waals surface area contributed by atoms with Gasteiger partial charge < -0.3 is 14.2 Å². The Morgan fingerprint density at radius 2 is 1.89 bits per heavy atom. The lowest BCUT2D eigenvalue weighted by molar-refractivity contribution is -0.153. The third kappa shape index (κ3) is 3.15. The molecule has 0 saturated carbocycles. The van der Waals surface area contributed by atoms with Gasteiger partial charge in [-0.3, -0.25) is 20.2 Å². The molecule has 10 nitrogen and oxygen atoms in total. The van der Waals surface area contributed by atoms with Crippen LogP contribution in [0.1, 0.15) is 19.4 Å². The minimum absolute atomic E-state index is 0.0199. The van der Waals surface area contributed by atoms with Crippen molar-refractivity contribution in [2.24, 2.45) is 5.41 Å². The first-order valence-electron chi connectivity index (χ1n) is 10.6. The number of fused-ring (bicyclic) bond motifs is 5. The van der Waals surface area contributed by atoms with Crippen molar-refractivity contribution >= 4 is 80.6 Å². The molecule has 2 saturated heterocycles. The Labute approximate surface area is 216 Å². The number of imide groups is 2. The average molecular weight is 557 g/mol. The van der Waals surface area contributed by atoms with Gasteiger partial charge in [0.25, 0.3) is 0 Å². The number of benzene rings is 1. The van der Waals surface area contributed by atoms with Gasteiger partial charge in [-0.05, 0) is 31.9 Å². The predicted molar refractivity (Wildman–Crippen MR) is 129 cm³/mol. The van der Waals surface area contributed by atoms with E-state index in [2.05, 4.69) is 20.8 Å². The summed E-state index contributed by atoms with van der Waals surface area (Å²) >= 11 is 20.3. The summed E-state index contributed by atoms with van der Waals surface area (Å²) in [6.45, 7) is 4.05. The molecule has 3 atom stereocenters. The van der Waals surface area contributed by atoms with E-state index in [4.69, 9.17) is 44.1 Å². The summed E-state index contributed by atoms with van der Waals surface area (Å²) in [5, 5.41) is 9.69. The van der Waals surface area contributed by atoms with Gasteiger partial charge in [-0.25, -0.2) is 9.78 Å². The summed E-state index contributed by atoms with van der Waals surface area (Å²) in [4.78, 5) is 45.0. The van der Waals surface area contributed by atoms with Crippen molar-refractivity contribution in [3.63, 3.8) is 0 Å². The molecule has 182 valence electrons. The molecule has 0 radical (unpaired) electrons. The van der Waals surface area contributed by atoms with Gasteiger partial charge in [-0.2, -0.15) is 0 Å². The molecule has 3 aromatic rings. The van der Waals surface area contributed by atoms with E-state index in [0.717, 1.165) is 11.3 Å². The van der Waals surface area contributed by atoms with Gasteiger partial charge in [0.1, 0.15) is 10.7 Å². The van der Waals surface area contributed by atoms with Crippen LogP contribution in [0.25, 0.3) is 21.5 Å². The lowest BCUT2D eigenvalue weighted by atomic mass is 9.66. The molecule has 0 bridgehead atoms. The molecule has 0 aliphatic carbocycles. The van der Waals surface area contributed by atoms with Crippen molar-refractivity contribution in [3.05, 3.63) is 26.3 Å². The molecule has 3 aliphatic heterocycles. The van der Waals surface area contributed by atoms with Gasteiger partial charge in [-0.15, -0.1) is 0 Å². The van der Waals surface area contributed by atoms with Crippen molar-refractivity contribution in [1.82, 2.24) is 20.8 Å². The molecule has 2 aromatic heterocycles. The maximum atomic E-state index is 13.3. The van der Waals surface area contributed by atoms with Crippen molar-refractivity contribution in [1.29, 1.82) is 0 Å². The standard InChI is InChI=1S/C21H16Cl3N5O5S/c1-6-5-29-12-8(4-21(15(29)7(2)33-6)17(30)26-20(32)27-18(21)31)3-9-11(28-34-13(9)10(12)22)14-16(23)25-19(24)35-14/h3,6-7,15H,4-5H2,1-2H3,(H2,26,27,30,31,32)/t6-,7+,15-/m1/s1. The number of hydrogen-bond acceptors (Lipinski definition) is 9. The highest BCUT2D eigenvalue weighted by Gasteiger charge is 2.63. The van der Waals surface area contributed by atoms with E-state index in [9.17, 15) is 14.4 Å². The monoisotopic (exact) mass is 555 g/mol. The summed E-state index contributed by atoms with van der Waals surface area (Å²) in [7, 11) is 0. The second kappa shape index (κ2) is 7.78. The van der Waals surface area contributed by atoms with Crippen LogP contribution in [-0.4, -0.2) is 52.8 Å². The number of urea groups is 1. The van der Waals surface area contributed by atoms with E-state index in [1.807, 2.05) is 11.8 Å². The number of hydrogen-bond donors (Lipinski definition) is 2. The molecular formula is C21H16Cl3N5O5S. The van der Waals surface area contributed by atoms with E-state index < -0.39 is 35.4 Å². The van der Waals surface area contributed by atoms with E-state index in [1.54, 1.807) is 13.0 Å². The Morgan fingerprint density at radius 3 is 2.54 bits per heavy atom. The molecule has 35 heavy (non-hydrogen) atoms. The van der Waals surface area contributed by atoms with Gasteiger partial charge in [0.2, 0.25) is 11.8 Å². The second-order valence-electron chi connectivity index (χ2n) is 8.83. The SMILES string of the molecule is C[C@@H]1CN2c3c(cc4c(-c5sc(Cl)nc5Cl)noc4c3Cl)CC3(C(=O)NC(=O)NC3=O)[C@H]2[C@H](C)O1. The molecule has 4 amide bonds. The van der Waals surface area contributed by atoms with Crippen molar-refractivity contribution in [2.45, 2.75) is 38.5 Å². The topological polar surface area (TPSA) is 127 Å². The molecule has 3 aliphatic rings. The van der Waals surface area contributed by atoms with Crippen LogP contribution in [0.3, 0.4) is 0 Å². The predicted octanol–water partition coefficient (Wildman–Crippen LogP) is 3.80. The Kier molecular flexibility index (Phi) is 5.11. The van der Waals surface area contributed by atoms with Crippen molar-refractivity contribution in [2.75, 3.05) is 11.4 Å². The van der Waals surface area contributed by atoms with E-state index in [0.29, 0.717) is 39.3 Å². The molecule has 14 heteroatoms. The number of rotatable bonds is 1. The van der Waals surface area contributed by atoms with Crippen LogP contribution in [0.2, 0.25) is 14.6 Å². The Balaban J connectivity index is 1.61. The lowest BCUT2D eigenvalue weighted by Gasteiger charge is -2.55. The quantitative estimate of drug-likeness (QED) is 0.434. The highest BCUT2D eigenvalue weighted by molar-refractivity contribution is 7.19. The summed E-state index contributed by atoms with van der Waals surface area (Å²) in [6.07, 6.45) is -0.754. The van der Waals surface area contributed by atoms with Crippen LogP contribution in [0, 0.1) is 5.41 Å². The first kappa shape index (κ1) is 23.0. The Bertz CT molecular complexity index is 1430. The van der Waals surface area contributed by atoms with Crippen molar-refractivity contribution < 1.29 is 23.6 Å². The summed E-state index contributed by atoms with van der Waals surface area (Å²) in [5.41, 5.74) is 0.350. The van der Waals surface area contributed by atoms with Crippen LogP contribution < -0.4 is 15.5 Å². The minimum Gasteiger partial charge on any atom is -0.372 e. The highest BCUT2D eigenvalue weighted by atomic mass is 35.5. The normalized spacial score (nSPS) is 25.5. The van der Waals surface area contributed by atoms with Gasteiger partial charge in [0, 0.05) is 6.54 Å². The molecule has 2 N–H and O–H groups in total. The third-order valence-corrected chi connectivity index (χ3v) is 8.64. The summed E-state index contributed by atoms with van der Waals surface area (Å²) in [6, 6.07) is 0.213. The number of anilines is 1. The number of carbonyl (C=O) groups is 3. The zero-order valence-electron chi connectivity index (χ0n) is 18.1. The fraction of sp³-hybridized carbons (Fsp3) is 0.381. The van der Waals surface area contributed by atoms with E-state index in [1.165, 1.54) is 0 Å². The molecule has 2 fully saturated rings. The first-order chi connectivity index (χ1) is 16.6. The number of carbonyl (C=O) groups excluding carboxylic acids is 3. The smallest absolute Gasteiger partial charge is 0.328 e. The Hall–Kier alpha value is -2.44. The zero-order valence-corrected chi connectivity index (χ0v) is 21.2. The molecule has 6 rings (SSSR count). The fourth-order valence-electron chi connectivity index (χ4n) is 5.54. The minimum atomic E-state index is -1.62. The number of halogens is 3. The third-order valence-electron chi connectivity index (χ3n) is 6.74. The summed E-state index contributed by atoms with van der Waals surface area (Å²) < 4.78 is 11.9. The lowest BCUT2D eigenvalue weighted by Crippen LogP contribution is -2.75. The molecule has 1 spiro atoms. The van der Waals surface area contributed by atoms with Crippen LogP contribution >= 0.6 is 46.1 Å². The van der Waals surface area contributed by atoms with Crippen LogP contribution in [0.15, 0.2) is 10.6 Å². The first-order valence-corrected chi connectivity index (χ1v) is 12.6. The van der Waals surface area contributed by atoms with E-state index >= 15 is 0 Å². The van der Waals surface area contributed by atoms with Crippen LogP contribution in [0.5, 0.6) is 0 Å². The zero-order chi connectivity index (χ0) is 24.8. The maximum absolute atomic E-state index is 13.3. The number of ether oxygens (including phenoxy) is 1. The number of nitrogens with zero attached hydrogens (tertiary/aromatic N) is 3. The Morgan fingerprint density at radius 1 is 1.17 bits per heavy atom. The number of thiazole rings is 1. The average Bonchev–Trinajstić information content (AvgIpc) is 3.33. The summed E-state index contributed by atoms with van der Waals surface area (Å²) in [5.74, 6) is -1.37. The van der Waals surface area contributed by atoms with E-state index in [-0.39, 0.29) is 27.2 Å². The van der Waals surface area contributed by atoms with Crippen LogP contribution in [-0.2, 0) is 20.7 Å². The van der Waals surface area contributed by atoms with Crippen molar-refractivity contribution in [3.8, 4) is 10.6 Å². The molecule has 5 heterocycles. The fourth-order valence-corrected chi connectivity index (χ4v) is 7.28. The van der Waals surface area contributed by atoms with Gasteiger partial charge in [0.05, 0.1) is 34.2 Å². The highest BCUT2D eigenvalue weighted by Crippen LogP contribution is 2.52. The molecule has 1 aromatic carbocycles. The van der Waals surface area contributed by atoms with Gasteiger partial charge in [-0.1, -0.05) is 51.3 Å². The number of nitrogens with one attached hydrogen (secondary N) is 2. The van der Waals surface area contributed by atoms with Gasteiger partial charge >= 0.3 is 6.03 Å². The van der Waals surface area contributed by atoms with Gasteiger partial charge in [0.15, 0.2) is 20.6 Å². The molecule has 0 unspecified atom stereocenters. The maximum Gasteiger partial charge on any atom is 0.328 e. The number of morpholine rings is 1.